The molecule has 2 aromatic rings. The quantitative estimate of drug-likeness (QED) is 0.902. The van der Waals surface area contributed by atoms with Crippen LogP contribution in [-0.2, 0) is 6.54 Å². The Morgan fingerprint density at radius 3 is 2.82 bits per heavy atom. The summed E-state index contributed by atoms with van der Waals surface area (Å²) in [5.74, 6) is 1.83. The van der Waals surface area contributed by atoms with Crippen molar-refractivity contribution in [2.75, 3.05) is 5.32 Å². The van der Waals surface area contributed by atoms with Gasteiger partial charge in [-0.15, -0.1) is 0 Å². The van der Waals surface area contributed by atoms with Gasteiger partial charge in [-0.2, -0.15) is 0 Å². The summed E-state index contributed by atoms with van der Waals surface area (Å²) < 4.78 is 6.11. The zero-order chi connectivity index (χ0) is 15.2. The van der Waals surface area contributed by atoms with Crippen molar-refractivity contribution in [3.05, 3.63) is 47.9 Å². The molecule has 0 radical (unpaired) electrons. The largest absolute Gasteiger partial charge is 0.490 e. The first-order chi connectivity index (χ1) is 10.8. The average Bonchev–Trinajstić information content (AvgIpc) is 2.54. The number of hydrogen-bond acceptors (Lipinski definition) is 4. The molecule has 0 atom stereocenters. The minimum Gasteiger partial charge on any atom is -0.490 e. The number of hydrogen-bond donors (Lipinski definition) is 1. The fourth-order valence-electron chi connectivity index (χ4n) is 2.85. The Balaban J connectivity index is 1.58. The van der Waals surface area contributed by atoms with Crippen molar-refractivity contribution in [3.63, 3.8) is 0 Å². The molecule has 116 valence electrons. The van der Waals surface area contributed by atoms with Gasteiger partial charge in [0.05, 0.1) is 6.10 Å². The van der Waals surface area contributed by atoms with Crippen LogP contribution in [0.1, 0.15) is 43.4 Å². The second kappa shape index (κ2) is 7.25. The summed E-state index contributed by atoms with van der Waals surface area (Å²) in [5, 5.41) is 3.33. The number of nitrogens with one attached hydrogen (secondary N) is 1. The maximum Gasteiger partial charge on any atom is 0.129 e. The summed E-state index contributed by atoms with van der Waals surface area (Å²) in [6, 6.07) is 10.3. The molecule has 1 N–H and O–H groups in total. The third-order valence-corrected chi connectivity index (χ3v) is 4.03. The van der Waals surface area contributed by atoms with Crippen LogP contribution in [-0.4, -0.2) is 16.1 Å². The highest BCUT2D eigenvalue weighted by molar-refractivity contribution is 5.37. The topological polar surface area (TPSA) is 47.0 Å². The highest BCUT2D eigenvalue weighted by atomic mass is 16.5. The van der Waals surface area contributed by atoms with Crippen LogP contribution in [0.2, 0.25) is 0 Å². The van der Waals surface area contributed by atoms with Gasteiger partial charge in [0.15, 0.2) is 0 Å². The van der Waals surface area contributed by atoms with Gasteiger partial charge < -0.3 is 10.1 Å². The first kappa shape index (κ1) is 14.8. The fraction of sp³-hybridized carbons (Fsp3) is 0.444. The van der Waals surface area contributed by atoms with E-state index in [4.69, 9.17) is 4.74 Å². The van der Waals surface area contributed by atoms with Crippen LogP contribution in [0.25, 0.3) is 0 Å². The number of rotatable bonds is 5. The molecular weight excluding hydrogens is 274 g/mol. The number of ether oxygens (including phenoxy) is 1. The van der Waals surface area contributed by atoms with Crippen LogP contribution in [0.5, 0.6) is 5.75 Å². The van der Waals surface area contributed by atoms with Crippen molar-refractivity contribution in [1.29, 1.82) is 0 Å². The van der Waals surface area contributed by atoms with Crippen molar-refractivity contribution in [3.8, 4) is 5.75 Å². The maximum absolute atomic E-state index is 6.11. The van der Waals surface area contributed by atoms with E-state index in [1.165, 1.54) is 37.7 Å². The van der Waals surface area contributed by atoms with Gasteiger partial charge in [-0.25, -0.2) is 9.97 Å². The predicted octanol–water partition coefficient (Wildman–Crippen LogP) is 4.11. The summed E-state index contributed by atoms with van der Waals surface area (Å²) in [7, 11) is 0. The lowest BCUT2D eigenvalue weighted by molar-refractivity contribution is 0.155. The van der Waals surface area contributed by atoms with Gasteiger partial charge in [0.25, 0.3) is 0 Å². The molecule has 4 nitrogen and oxygen atoms in total. The van der Waals surface area contributed by atoms with Crippen molar-refractivity contribution in [2.24, 2.45) is 0 Å². The van der Waals surface area contributed by atoms with E-state index in [0.29, 0.717) is 6.10 Å². The summed E-state index contributed by atoms with van der Waals surface area (Å²) in [4.78, 5) is 8.32. The van der Waals surface area contributed by atoms with E-state index in [2.05, 4.69) is 33.5 Å². The van der Waals surface area contributed by atoms with Crippen LogP contribution in [0.4, 0.5) is 5.82 Å². The second-order valence-electron chi connectivity index (χ2n) is 5.92. The number of aryl methyl sites for hydroxylation is 1. The van der Waals surface area contributed by atoms with Gasteiger partial charge in [0, 0.05) is 18.3 Å². The smallest absolute Gasteiger partial charge is 0.129 e. The highest BCUT2D eigenvalue weighted by Gasteiger charge is 2.14. The molecule has 0 amide bonds. The molecule has 0 aliphatic heterocycles. The molecular formula is C18H23N3O. The van der Waals surface area contributed by atoms with Gasteiger partial charge in [-0.1, -0.05) is 18.6 Å². The fourth-order valence-corrected chi connectivity index (χ4v) is 2.85. The summed E-state index contributed by atoms with van der Waals surface area (Å²) in [6.07, 6.45) is 8.27. The Morgan fingerprint density at radius 2 is 2.00 bits per heavy atom. The van der Waals surface area contributed by atoms with Crippen LogP contribution < -0.4 is 10.1 Å². The summed E-state index contributed by atoms with van der Waals surface area (Å²) >= 11 is 0. The third-order valence-electron chi connectivity index (χ3n) is 4.03. The van der Waals surface area contributed by atoms with E-state index in [1.807, 2.05) is 19.1 Å². The van der Waals surface area contributed by atoms with Crippen molar-refractivity contribution in [2.45, 2.75) is 51.7 Å². The second-order valence-corrected chi connectivity index (χ2v) is 5.92. The Kier molecular flexibility index (Phi) is 4.88. The molecule has 3 rings (SSSR count). The van der Waals surface area contributed by atoms with E-state index >= 15 is 0 Å². The van der Waals surface area contributed by atoms with Crippen LogP contribution in [0.15, 0.2) is 36.7 Å². The van der Waals surface area contributed by atoms with E-state index in [-0.39, 0.29) is 0 Å². The molecule has 4 heteroatoms. The summed E-state index contributed by atoms with van der Waals surface area (Å²) in [6.45, 7) is 2.70. The Morgan fingerprint density at radius 1 is 1.14 bits per heavy atom. The molecule has 1 aromatic heterocycles. The molecule has 0 spiro atoms. The van der Waals surface area contributed by atoms with Gasteiger partial charge in [0.1, 0.15) is 17.9 Å². The molecule has 1 heterocycles. The third kappa shape index (κ3) is 4.20. The number of benzene rings is 1. The lowest BCUT2D eigenvalue weighted by Crippen LogP contribution is -2.19. The molecule has 1 fully saturated rings. The summed E-state index contributed by atoms with van der Waals surface area (Å²) in [5.41, 5.74) is 2.16. The van der Waals surface area contributed by atoms with E-state index in [0.717, 1.165) is 23.8 Å². The average molecular weight is 297 g/mol. The Hall–Kier alpha value is -2.10. The molecule has 1 aliphatic rings. The molecule has 1 saturated carbocycles. The SMILES string of the molecule is Cc1cc(NCc2cccc(OC3CCCCC3)c2)ncn1. The normalized spacial score (nSPS) is 15.5. The lowest BCUT2D eigenvalue weighted by Gasteiger charge is -2.23. The van der Waals surface area contributed by atoms with Crippen LogP contribution >= 0.6 is 0 Å². The molecule has 1 aliphatic carbocycles. The number of nitrogens with zero attached hydrogens (tertiary/aromatic N) is 2. The Bertz CT molecular complexity index is 609. The predicted molar refractivity (Wildman–Crippen MR) is 88.0 cm³/mol. The van der Waals surface area contributed by atoms with Crippen molar-refractivity contribution >= 4 is 5.82 Å². The van der Waals surface area contributed by atoms with E-state index < -0.39 is 0 Å². The zero-order valence-electron chi connectivity index (χ0n) is 13.1. The van der Waals surface area contributed by atoms with E-state index in [9.17, 15) is 0 Å². The molecule has 0 unspecified atom stereocenters. The highest BCUT2D eigenvalue weighted by Crippen LogP contribution is 2.24. The van der Waals surface area contributed by atoms with Gasteiger partial charge in [-0.3, -0.25) is 0 Å². The van der Waals surface area contributed by atoms with Gasteiger partial charge in [-0.05, 0) is 50.3 Å². The molecule has 0 saturated heterocycles. The van der Waals surface area contributed by atoms with Crippen LogP contribution in [0, 0.1) is 6.92 Å². The first-order valence-electron chi connectivity index (χ1n) is 8.08. The van der Waals surface area contributed by atoms with E-state index in [1.54, 1.807) is 6.33 Å². The van der Waals surface area contributed by atoms with Crippen LogP contribution in [0.3, 0.4) is 0 Å². The lowest BCUT2D eigenvalue weighted by atomic mass is 9.98. The maximum atomic E-state index is 6.11. The van der Waals surface area contributed by atoms with Crippen molar-refractivity contribution < 1.29 is 4.74 Å². The first-order valence-corrected chi connectivity index (χ1v) is 8.08. The Labute approximate surface area is 132 Å². The van der Waals surface area contributed by atoms with Crippen molar-refractivity contribution in [1.82, 2.24) is 9.97 Å². The van der Waals surface area contributed by atoms with Gasteiger partial charge in [0.2, 0.25) is 0 Å². The minimum atomic E-state index is 0.390. The number of aromatic nitrogens is 2. The number of anilines is 1. The zero-order valence-corrected chi connectivity index (χ0v) is 13.1. The standard InChI is InChI=1S/C18H23N3O/c1-14-10-18(21-13-20-14)19-12-15-6-5-9-17(11-15)22-16-7-3-2-4-8-16/h5-6,9-11,13,16H,2-4,7-8,12H2,1H3,(H,19,20,21). The monoisotopic (exact) mass is 297 g/mol. The molecule has 0 bridgehead atoms. The molecule has 1 aromatic carbocycles. The minimum absolute atomic E-state index is 0.390. The molecule has 22 heavy (non-hydrogen) atoms. The van der Waals surface area contributed by atoms with Gasteiger partial charge >= 0.3 is 0 Å².